The molecule has 5 rings (SSSR count). The summed E-state index contributed by atoms with van der Waals surface area (Å²) in [7, 11) is 5.96. The number of benzene rings is 3. The minimum atomic E-state index is -0.758. The van der Waals surface area contributed by atoms with Gasteiger partial charge in [-0.05, 0) is 35.9 Å². The van der Waals surface area contributed by atoms with Crippen molar-refractivity contribution in [1.82, 2.24) is 4.98 Å². The molecule has 0 saturated heterocycles. The van der Waals surface area contributed by atoms with E-state index in [9.17, 15) is 9.59 Å². The Morgan fingerprint density at radius 3 is 2.22 bits per heavy atom. The van der Waals surface area contributed by atoms with Gasteiger partial charge in [-0.1, -0.05) is 36.4 Å². The van der Waals surface area contributed by atoms with E-state index in [-0.39, 0.29) is 5.91 Å². The third-order valence-corrected chi connectivity index (χ3v) is 6.58. The number of esters is 1. The number of rotatable bonds is 6. The van der Waals surface area contributed by atoms with Crippen molar-refractivity contribution in [2.24, 2.45) is 0 Å². The molecule has 4 aromatic rings. The Hall–Kier alpha value is -4.59. The zero-order chi connectivity index (χ0) is 26.1. The van der Waals surface area contributed by atoms with Gasteiger partial charge in [0.1, 0.15) is 6.04 Å². The Labute approximate surface area is 214 Å². The summed E-state index contributed by atoms with van der Waals surface area (Å²) in [5, 5.41) is 0.677. The molecule has 0 saturated carbocycles. The summed E-state index contributed by atoms with van der Waals surface area (Å²) in [6.07, 6.45) is 0.386. The van der Waals surface area contributed by atoms with E-state index in [1.807, 2.05) is 48.5 Å². The third-order valence-electron chi connectivity index (χ3n) is 6.58. The molecule has 1 aliphatic rings. The molecule has 37 heavy (non-hydrogen) atoms. The first-order valence-corrected chi connectivity index (χ1v) is 11.7. The topological polar surface area (TPSA) is 87.2 Å². The highest BCUT2D eigenvalue weighted by Gasteiger charge is 2.40. The maximum Gasteiger partial charge on any atom is 0.329 e. The monoisotopic (exact) mass is 498 g/mol. The third kappa shape index (κ3) is 4.10. The average molecular weight is 499 g/mol. The van der Waals surface area contributed by atoms with Crippen LogP contribution < -0.4 is 19.1 Å². The number of para-hydroxylation sites is 2. The lowest BCUT2D eigenvalue weighted by Gasteiger charge is -2.24. The number of anilines is 1. The largest absolute Gasteiger partial charge is 0.493 e. The lowest BCUT2D eigenvalue weighted by atomic mass is 10.0. The van der Waals surface area contributed by atoms with Gasteiger partial charge in [0.25, 0.3) is 5.91 Å². The highest BCUT2D eigenvalue weighted by atomic mass is 16.5. The van der Waals surface area contributed by atoms with E-state index in [1.165, 1.54) is 19.1 Å². The van der Waals surface area contributed by atoms with Crippen LogP contribution in [0.3, 0.4) is 0 Å². The SMILES string of the molecule is COC(=O)C1Cc2ccccc2N1C(=O)c1cc(-c2cc(OC)c(OC)c(OC)c2)nc2ccccc12. The fourth-order valence-electron chi connectivity index (χ4n) is 4.82. The van der Waals surface area contributed by atoms with Crippen molar-refractivity contribution >= 4 is 28.5 Å². The molecular weight excluding hydrogens is 472 g/mol. The van der Waals surface area contributed by atoms with Crippen molar-refractivity contribution < 1.29 is 28.5 Å². The molecule has 8 heteroatoms. The van der Waals surface area contributed by atoms with E-state index in [1.54, 1.807) is 32.4 Å². The Bertz CT molecular complexity index is 1490. The van der Waals surface area contributed by atoms with Gasteiger partial charge < -0.3 is 18.9 Å². The van der Waals surface area contributed by atoms with Crippen molar-refractivity contribution in [2.45, 2.75) is 12.5 Å². The number of amides is 1. The molecule has 8 nitrogen and oxygen atoms in total. The molecule has 1 amide bonds. The van der Waals surface area contributed by atoms with E-state index < -0.39 is 12.0 Å². The fourth-order valence-corrected chi connectivity index (χ4v) is 4.82. The molecule has 3 aromatic carbocycles. The number of carbonyl (C=O) groups excluding carboxylic acids is 2. The van der Waals surface area contributed by atoms with Crippen LogP contribution >= 0.6 is 0 Å². The lowest BCUT2D eigenvalue weighted by Crippen LogP contribution is -2.43. The first-order valence-electron chi connectivity index (χ1n) is 11.7. The molecule has 0 radical (unpaired) electrons. The minimum absolute atomic E-state index is 0.312. The molecule has 1 atom stereocenters. The van der Waals surface area contributed by atoms with Crippen LogP contribution in [-0.4, -0.2) is 51.3 Å². The summed E-state index contributed by atoms with van der Waals surface area (Å²) in [5.74, 6) is 0.624. The molecule has 1 unspecified atom stereocenters. The van der Waals surface area contributed by atoms with Gasteiger partial charge in [0.15, 0.2) is 11.5 Å². The van der Waals surface area contributed by atoms with Crippen LogP contribution in [0.2, 0.25) is 0 Å². The van der Waals surface area contributed by atoms with Gasteiger partial charge in [-0.2, -0.15) is 0 Å². The van der Waals surface area contributed by atoms with Crippen molar-refractivity contribution in [3.8, 4) is 28.5 Å². The second-order valence-corrected chi connectivity index (χ2v) is 8.53. The van der Waals surface area contributed by atoms with Gasteiger partial charge in [-0.25, -0.2) is 9.78 Å². The van der Waals surface area contributed by atoms with E-state index in [0.29, 0.717) is 57.1 Å². The normalized spacial score (nSPS) is 14.3. The van der Waals surface area contributed by atoms with Crippen LogP contribution in [0.15, 0.2) is 66.7 Å². The highest BCUT2D eigenvalue weighted by molar-refractivity contribution is 6.17. The summed E-state index contributed by atoms with van der Waals surface area (Å²) in [6.45, 7) is 0. The minimum Gasteiger partial charge on any atom is -0.493 e. The van der Waals surface area contributed by atoms with Gasteiger partial charge in [-0.15, -0.1) is 0 Å². The number of methoxy groups -OCH3 is 4. The standard InChI is InChI=1S/C29H26N2O6/c1-34-25-14-18(15-26(35-2)27(25)36-3)22-16-20(19-10-6-7-11-21(19)30-22)28(32)31-23-12-8-5-9-17(23)13-24(31)29(33)37-4/h5-12,14-16,24H,13H2,1-4H3. The Morgan fingerprint density at radius 2 is 1.54 bits per heavy atom. The Balaban J connectivity index is 1.70. The number of carbonyl (C=O) groups is 2. The number of aromatic nitrogens is 1. The van der Waals surface area contributed by atoms with Crippen LogP contribution in [0.4, 0.5) is 5.69 Å². The fraction of sp³-hybridized carbons (Fsp3) is 0.207. The van der Waals surface area contributed by atoms with E-state index in [4.69, 9.17) is 23.9 Å². The van der Waals surface area contributed by atoms with Gasteiger partial charge in [-0.3, -0.25) is 9.69 Å². The van der Waals surface area contributed by atoms with E-state index in [2.05, 4.69) is 0 Å². The Morgan fingerprint density at radius 1 is 0.865 bits per heavy atom. The summed E-state index contributed by atoms with van der Waals surface area (Å²) >= 11 is 0. The highest BCUT2D eigenvalue weighted by Crippen LogP contribution is 2.42. The van der Waals surface area contributed by atoms with Crippen LogP contribution in [-0.2, 0) is 16.0 Å². The Kier molecular flexibility index (Phi) is 6.40. The average Bonchev–Trinajstić information content (AvgIpc) is 3.34. The van der Waals surface area contributed by atoms with Crippen molar-refractivity contribution in [3.63, 3.8) is 0 Å². The molecule has 0 fully saturated rings. The maximum atomic E-state index is 14.2. The van der Waals surface area contributed by atoms with Crippen molar-refractivity contribution in [3.05, 3.63) is 77.9 Å². The summed E-state index contributed by atoms with van der Waals surface area (Å²) < 4.78 is 21.5. The van der Waals surface area contributed by atoms with Crippen LogP contribution in [0, 0.1) is 0 Å². The molecule has 1 aromatic heterocycles. The zero-order valence-electron chi connectivity index (χ0n) is 21.0. The first kappa shape index (κ1) is 24.1. The van der Waals surface area contributed by atoms with E-state index >= 15 is 0 Å². The predicted molar refractivity (Wildman–Crippen MR) is 140 cm³/mol. The molecule has 0 aliphatic carbocycles. The van der Waals surface area contributed by atoms with Crippen molar-refractivity contribution in [1.29, 1.82) is 0 Å². The number of hydrogen-bond acceptors (Lipinski definition) is 7. The molecule has 188 valence electrons. The van der Waals surface area contributed by atoms with Crippen molar-refractivity contribution in [2.75, 3.05) is 33.3 Å². The van der Waals surface area contributed by atoms with Gasteiger partial charge in [0, 0.05) is 23.1 Å². The van der Waals surface area contributed by atoms with Gasteiger partial charge in [0.05, 0.1) is 45.2 Å². The molecule has 0 N–H and O–H groups in total. The second-order valence-electron chi connectivity index (χ2n) is 8.53. The predicted octanol–water partition coefficient (Wildman–Crippen LogP) is 4.67. The summed E-state index contributed by atoms with van der Waals surface area (Å²) in [6, 6.07) is 19.5. The molecule has 2 heterocycles. The first-order chi connectivity index (χ1) is 18.0. The number of ether oxygens (including phenoxy) is 4. The van der Waals surface area contributed by atoms with Crippen LogP contribution in [0.5, 0.6) is 17.2 Å². The van der Waals surface area contributed by atoms with Gasteiger partial charge >= 0.3 is 5.97 Å². The van der Waals surface area contributed by atoms with E-state index in [0.717, 1.165) is 5.56 Å². The second kappa shape index (κ2) is 9.81. The van der Waals surface area contributed by atoms with Crippen LogP contribution in [0.25, 0.3) is 22.2 Å². The van der Waals surface area contributed by atoms with Crippen LogP contribution in [0.1, 0.15) is 15.9 Å². The number of hydrogen-bond donors (Lipinski definition) is 0. The molecule has 1 aliphatic heterocycles. The molecule has 0 bridgehead atoms. The zero-order valence-corrected chi connectivity index (χ0v) is 21.0. The number of nitrogens with zero attached hydrogens (tertiary/aromatic N) is 2. The summed E-state index contributed by atoms with van der Waals surface area (Å²) in [5.41, 5.74) is 3.88. The smallest absolute Gasteiger partial charge is 0.329 e. The number of fused-ring (bicyclic) bond motifs is 2. The lowest BCUT2D eigenvalue weighted by molar-refractivity contribution is -0.141. The number of pyridine rings is 1. The summed E-state index contributed by atoms with van der Waals surface area (Å²) in [4.78, 5) is 33.3. The molecule has 0 spiro atoms. The van der Waals surface area contributed by atoms with Gasteiger partial charge in [0.2, 0.25) is 5.75 Å². The quantitative estimate of drug-likeness (QED) is 0.357. The maximum absolute atomic E-state index is 14.2. The molecular formula is C29H26N2O6.